The van der Waals surface area contributed by atoms with Crippen LogP contribution >= 0.6 is 0 Å². The number of imide groups is 1. The van der Waals surface area contributed by atoms with Crippen LogP contribution in [0.25, 0.3) is 64.6 Å². The molecule has 1 heterocycles. The third kappa shape index (κ3) is 2.99. The first kappa shape index (κ1) is 24.6. The summed E-state index contributed by atoms with van der Waals surface area (Å²) in [6.45, 7) is 8.47. The number of hydrogen-bond acceptors (Lipinski definition) is 2. The molecule has 0 saturated heterocycles. The van der Waals surface area contributed by atoms with Crippen molar-refractivity contribution < 1.29 is 9.59 Å². The van der Waals surface area contributed by atoms with E-state index >= 15 is 0 Å². The van der Waals surface area contributed by atoms with E-state index in [-0.39, 0.29) is 23.7 Å². The number of anilines is 1. The highest BCUT2D eigenvalue weighted by atomic mass is 16.2. The maximum atomic E-state index is 14.5. The van der Waals surface area contributed by atoms with E-state index in [0.717, 1.165) is 49.1 Å². The Morgan fingerprint density at radius 3 is 1.58 bits per heavy atom. The van der Waals surface area contributed by atoms with Crippen LogP contribution in [0.5, 0.6) is 0 Å². The Morgan fingerprint density at radius 1 is 0.465 bits per heavy atom. The Balaban J connectivity index is 1.40. The minimum Gasteiger partial charge on any atom is -0.268 e. The molecule has 0 atom stereocenters. The quantitative estimate of drug-likeness (QED) is 0.124. The van der Waals surface area contributed by atoms with Gasteiger partial charge in [0.2, 0.25) is 0 Å². The number of rotatable bonds is 3. The number of hydrogen-bond donors (Lipinski definition) is 0. The van der Waals surface area contributed by atoms with Crippen molar-refractivity contribution in [2.75, 3.05) is 4.90 Å². The Hall–Kier alpha value is -5.02. The molecule has 0 unspecified atom stereocenters. The number of nitrogens with zero attached hydrogens (tertiary/aromatic N) is 1. The van der Waals surface area contributed by atoms with Crippen molar-refractivity contribution in [1.82, 2.24) is 0 Å². The van der Waals surface area contributed by atoms with Gasteiger partial charge in [0, 0.05) is 16.5 Å². The van der Waals surface area contributed by atoms with Gasteiger partial charge in [-0.25, -0.2) is 4.90 Å². The molecule has 3 nitrogen and oxygen atoms in total. The zero-order valence-corrected chi connectivity index (χ0v) is 24.6. The molecule has 0 fully saturated rings. The molecule has 8 aromatic rings. The molecular weight excluding hydrogens is 526 g/mol. The highest BCUT2D eigenvalue weighted by molar-refractivity contribution is 6.44. The zero-order chi connectivity index (χ0) is 29.3. The topological polar surface area (TPSA) is 37.4 Å². The molecule has 8 aromatic carbocycles. The average molecular weight is 556 g/mol. The zero-order valence-electron chi connectivity index (χ0n) is 24.6. The molecular formula is C40H29NO2. The Kier molecular flexibility index (Phi) is 4.74. The van der Waals surface area contributed by atoms with Crippen LogP contribution < -0.4 is 4.90 Å². The second-order valence-corrected chi connectivity index (χ2v) is 12.8. The first-order valence-corrected chi connectivity index (χ1v) is 15.2. The molecule has 0 N–H and O–H groups in total. The molecule has 1 aliphatic heterocycles. The van der Waals surface area contributed by atoms with E-state index in [1.165, 1.54) is 37.2 Å². The van der Waals surface area contributed by atoms with Gasteiger partial charge in [0.1, 0.15) is 0 Å². The smallest absolute Gasteiger partial charge is 0.266 e. The van der Waals surface area contributed by atoms with Crippen LogP contribution in [0.3, 0.4) is 0 Å². The van der Waals surface area contributed by atoms with Crippen LogP contribution in [0.15, 0.2) is 91.0 Å². The number of carbonyl (C=O) groups excluding carboxylic acids is 2. The van der Waals surface area contributed by atoms with Gasteiger partial charge in [0.05, 0.1) is 5.69 Å². The van der Waals surface area contributed by atoms with Gasteiger partial charge >= 0.3 is 0 Å². The van der Waals surface area contributed by atoms with Gasteiger partial charge in [0.15, 0.2) is 0 Å². The summed E-state index contributed by atoms with van der Waals surface area (Å²) in [5.74, 6) is -0.176. The van der Waals surface area contributed by atoms with Gasteiger partial charge < -0.3 is 0 Å². The standard InChI is InChI=1S/C40H29NO2/c1-20(2)25-9-6-10-26(21(3)4)38(25)41-39(42)30-17-15-28-27-14-13-23-12-11-22-7-5-8-24-19-32(36(27)34(23)33(22)24)29-16-18-31(40(41)43)37(30)35(28)29/h5-21H,1-4H3. The molecule has 0 saturated carbocycles. The largest absolute Gasteiger partial charge is 0.268 e. The summed E-state index contributed by atoms with van der Waals surface area (Å²) in [5, 5.41) is 13.8. The third-order valence-corrected chi connectivity index (χ3v) is 9.80. The molecule has 9 rings (SSSR count). The summed E-state index contributed by atoms with van der Waals surface area (Å²) >= 11 is 0. The fraction of sp³-hybridized carbons (Fsp3) is 0.150. The highest BCUT2D eigenvalue weighted by Crippen LogP contribution is 2.48. The number of amides is 2. The van der Waals surface area contributed by atoms with Crippen LogP contribution in [-0.4, -0.2) is 11.8 Å². The molecule has 0 bridgehead atoms. The van der Waals surface area contributed by atoms with Crippen LogP contribution in [0.1, 0.15) is 71.4 Å². The van der Waals surface area contributed by atoms with Crippen LogP contribution in [0.2, 0.25) is 0 Å². The summed E-state index contributed by atoms with van der Waals surface area (Å²) in [7, 11) is 0. The molecule has 1 aliphatic rings. The van der Waals surface area contributed by atoms with Gasteiger partial charge in [-0.2, -0.15) is 0 Å². The van der Waals surface area contributed by atoms with E-state index in [1.54, 1.807) is 0 Å². The highest BCUT2D eigenvalue weighted by Gasteiger charge is 2.38. The van der Waals surface area contributed by atoms with Crippen LogP contribution in [0, 0.1) is 0 Å². The molecule has 0 radical (unpaired) electrons. The maximum absolute atomic E-state index is 14.5. The van der Waals surface area contributed by atoms with E-state index < -0.39 is 0 Å². The van der Waals surface area contributed by atoms with Gasteiger partial charge in [-0.05, 0) is 100 Å². The molecule has 2 amide bonds. The Labute approximate surface area is 249 Å². The number of fused-ring (bicyclic) bond motifs is 2. The SMILES string of the molecule is CC(C)c1cccc(C(C)C)c1N1C(=O)c2ccc3c4ccc5ccc6cccc7cc(c8ccc(c2c38)C1=O)c4c5c67. The van der Waals surface area contributed by atoms with E-state index in [1.807, 2.05) is 30.3 Å². The lowest BCUT2D eigenvalue weighted by Crippen LogP contribution is -2.41. The van der Waals surface area contributed by atoms with Crippen molar-refractivity contribution in [1.29, 1.82) is 0 Å². The average Bonchev–Trinajstić information content (AvgIpc) is 3.01. The number of para-hydroxylation sites is 1. The van der Waals surface area contributed by atoms with Crippen molar-refractivity contribution in [3.05, 3.63) is 113 Å². The lowest BCUT2D eigenvalue weighted by Gasteiger charge is -2.32. The fourth-order valence-corrected chi connectivity index (χ4v) is 7.89. The monoisotopic (exact) mass is 555 g/mol. The van der Waals surface area contributed by atoms with Crippen molar-refractivity contribution in [2.24, 2.45) is 0 Å². The number of carbonyl (C=O) groups is 2. The first-order valence-electron chi connectivity index (χ1n) is 15.2. The summed E-state index contributed by atoms with van der Waals surface area (Å²) in [5.41, 5.74) is 3.95. The normalized spacial score (nSPS) is 14.0. The van der Waals surface area contributed by atoms with Gasteiger partial charge in [-0.1, -0.05) is 100 Å². The van der Waals surface area contributed by atoms with E-state index in [4.69, 9.17) is 0 Å². The van der Waals surface area contributed by atoms with Crippen molar-refractivity contribution in [3.8, 4) is 0 Å². The fourth-order valence-electron chi connectivity index (χ4n) is 7.89. The summed E-state index contributed by atoms with van der Waals surface area (Å²) in [6, 6.07) is 31.9. The molecule has 43 heavy (non-hydrogen) atoms. The second-order valence-electron chi connectivity index (χ2n) is 12.8. The van der Waals surface area contributed by atoms with Gasteiger partial charge in [0.25, 0.3) is 11.8 Å². The lowest BCUT2D eigenvalue weighted by molar-refractivity contribution is 0.0893. The minimum absolute atomic E-state index is 0.157. The van der Waals surface area contributed by atoms with Crippen LogP contribution in [-0.2, 0) is 0 Å². The lowest BCUT2D eigenvalue weighted by atomic mass is 9.82. The third-order valence-electron chi connectivity index (χ3n) is 9.80. The van der Waals surface area contributed by atoms with Crippen molar-refractivity contribution >= 4 is 82.1 Å². The van der Waals surface area contributed by atoms with Crippen molar-refractivity contribution in [2.45, 2.75) is 39.5 Å². The predicted octanol–water partition coefficient (Wildman–Crippen LogP) is 10.5. The van der Waals surface area contributed by atoms with E-state index in [9.17, 15) is 9.59 Å². The maximum Gasteiger partial charge on any atom is 0.266 e. The van der Waals surface area contributed by atoms with Crippen LogP contribution in [0.4, 0.5) is 5.69 Å². The Morgan fingerprint density at radius 2 is 0.953 bits per heavy atom. The molecule has 3 heteroatoms. The molecule has 0 aromatic heterocycles. The molecule has 0 aliphatic carbocycles. The second kappa shape index (κ2) is 8.29. The van der Waals surface area contributed by atoms with Crippen molar-refractivity contribution in [3.63, 3.8) is 0 Å². The summed E-state index contributed by atoms with van der Waals surface area (Å²) in [6.07, 6.45) is 0. The van der Waals surface area contributed by atoms with Gasteiger partial charge in [-0.3, -0.25) is 9.59 Å². The van der Waals surface area contributed by atoms with E-state index in [0.29, 0.717) is 11.1 Å². The number of benzene rings is 8. The Bertz CT molecular complexity index is 2450. The summed E-state index contributed by atoms with van der Waals surface area (Å²) in [4.78, 5) is 30.4. The van der Waals surface area contributed by atoms with E-state index in [2.05, 4.69) is 88.4 Å². The minimum atomic E-state index is -0.245. The molecule has 0 spiro atoms. The first-order chi connectivity index (χ1) is 20.8. The van der Waals surface area contributed by atoms with Gasteiger partial charge in [-0.15, -0.1) is 0 Å². The predicted molar refractivity (Wildman–Crippen MR) is 180 cm³/mol. The summed E-state index contributed by atoms with van der Waals surface area (Å²) < 4.78 is 0. The molecule has 206 valence electrons.